The number of rotatable bonds is 4. The number of cyclic esters (lactones) is 1. The topological polar surface area (TPSA) is 47.9 Å². The first-order chi connectivity index (χ1) is 11.2. The second-order valence-corrected chi connectivity index (χ2v) is 5.72. The molecule has 0 saturated carbocycles. The van der Waals surface area contributed by atoms with Gasteiger partial charge in [0.05, 0.1) is 7.11 Å². The molecule has 23 heavy (non-hydrogen) atoms. The van der Waals surface area contributed by atoms with Crippen LogP contribution in [0.5, 0.6) is 5.75 Å². The van der Waals surface area contributed by atoms with E-state index in [2.05, 4.69) is 4.99 Å². The first-order valence-electron chi connectivity index (χ1n) is 7.00. The molecule has 3 rings (SSSR count). The maximum absolute atomic E-state index is 12.0. The van der Waals surface area contributed by atoms with Crippen molar-refractivity contribution < 1.29 is 14.3 Å². The average molecular weight is 325 g/mol. The van der Waals surface area contributed by atoms with Crippen LogP contribution in [0.15, 0.2) is 64.1 Å². The molecule has 0 unspecified atom stereocenters. The Labute approximate surface area is 138 Å². The summed E-state index contributed by atoms with van der Waals surface area (Å²) in [6.07, 6.45) is 3.74. The molecule has 5 heteroatoms. The van der Waals surface area contributed by atoms with E-state index in [9.17, 15) is 4.79 Å². The van der Waals surface area contributed by atoms with Gasteiger partial charge < -0.3 is 9.47 Å². The first kappa shape index (κ1) is 15.4. The maximum Gasteiger partial charge on any atom is 0.363 e. The number of nitrogens with zero attached hydrogens (tertiary/aromatic N) is 1. The van der Waals surface area contributed by atoms with Gasteiger partial charge >= 0.3 is 5.97 Å². The lowest BCUT2D eigenvalue weighted by Gasteiger charge is -2.02. The number of ether oxygens (including phenoxy) is 2. The van der Waals surface area contributed by atoms with Crippen LogP contribution in [0, 0.1) is 0 Å². The Bertz CT molecular complexity index is 794. The molecule has 1 aliphatic rings. The second kappa shape index (κ2) is 6.71. The lowest BCUT2D eigenvalue weighted by atomic mass is 10.2. The predicted molar refractivity (Wildman–Crippen MR) is 91.8 cm³/mol. The molecule has 0 aromatic heterocycles. The first-order valence-corrected chi connectivity index (χ1v) is 8.23. The third-order valence-corrected chi connectivity index (χ3v) is 4.10. The number of carbonyl (C=O) groups is 1. The van der Waals surface area contributed by atoms with Crippen molar-refractivity contribution in [2.24, 2.45) is 4.99 Å². The monoisotopic (exact) mass is 325 g/mol. The number of carbonyl (C=O) groups excluding carboxylic acids is 1. The highest BCUT2D eigenvalue weighted by Crippen LogP contribution is 2.22. The van der Waals surface area contributed by atoms with Gasteiger partial charge in [0.15, 0.2) is 5.70 Å². The largest absolute Gasteiger partial charge is 0.497 e. The number of methoxy groups -OCH3 is 1. The van der Waals surface area contributed by atoms with E-state index in [-0.39, 0.29) is 0 Å². The van der Waals surface area contributed by atoms with Crippen LogP contribution in [0.25, 0.3) is 6.08 Å². The van der Waals surface area contributed by atoms with Gasteiger partial charge in [-0.15, -0.1) is 11.8 Å². The zero-order valence-electron chi connectivity index (χ0n) is 12.8. The minimum absolute atomic E-state index is 0.291. The highest BCUT2D eigenvalue weighted by molar-refractivity contribution is 7.98. The summed E-state index contributed by atoms with van der Waals surface area (Å²) >= 11 is 1.67. The number of esters is 1. The fourth-order valence-electron chi connectivity index (χ4n) is 2.15. The van der Waals surface area contributed by atoms with Gasteiger partial charge in [-0.25, -0.2) is 9.79 Å². The molecule has 2 aromatic carbocycles. The Balaban J connectivity index is 1.89. The minimum atomic E-state index is -0.447. The summed E-state index contributed by atoms with van der Waals surface area (Å²) in [4.78, 5) is 17.5. The third-order valence-electron chi connectivity index (χ3n) is 3.36. The van der Waals surface area contributed by atoms with Crippen molar-refractivity contribution >= 4 is 29.7 Å². The quantitative estimate of drug-likeness (QED) is 0.488. The van der Waals surface area contributed by atoms with Crippen LogP contribution in [0.2, 0.25) is 0 Å². The fraction of sp³-hybridized carbons (Fsp3) is 0.111. The smallest absolute Gasteiger partial charge is 0.363 e. The second-order valence-electron chi connectivity index (χ2n) is 4.84. The van der Waals surface area contributed by atoms with Crippen molar-refractivity contribution in [1.82, 2.24) is 0 Å². The van der Waals surface area contributed by atoms with Gasteiger partial charge in [-0.2, -0.15) is 0 Å². The summed E-state index contributed by atoms with van der Waals surface area (Å²) in [5.41, 5.74) is 1.91. The SMILES string of the molecule is COc1cccc(C2=N/C(=C\c3ccc(SC)cc3)C(=O)O2)c1. The van der Waals surface area contributed by atoms with Crippen molar-refractivity contribution in [2.75, 3.05) is 13.4 Å². The molecule has 1 heterocycles. The molecule has 0 radical (unpaired) electrons. The van der Waals surface area contributed by atoms with Crippen LogP contribution in [0.3, 0.4) is 0 Å². The summed E-state index contributed by atoms with van der Waals surface area (Å²) in [7, 11) is 1.59. The van der Waals surface area contributed by atoms with E-state index in [4.69, 9.17) is 9.47 Å². The van der Waals surface area contributed by atoms with Crippen molar-refractivity contribution in [1.29, 1.82) is 0 Å². The van der Waals surface area contributed by atoms with Crippen molar-refractivity contribution in [2.45, 2.75) is 4.90 Å². The molecular formula is C18H15NO3S. The molecule has 0 saturated heterocycles. The summed E-state index contributed by atoms with van der Waals surface area (Å²) in [6.45, 7) is 0. The van der Waals surface area contributed by atoms with E-state index in [0.717, 1.165) is 5.56 Å². The van der Waals surface area contributed by atoms with E-state index in [1.807, 2.05) is 48.7 Å². The van der Waals surface area contributed by atoms with Crippen LogP contribution in [-0.2, 0) is 9.53 Å². The molecule has 1 aliphatic heterocycles. The van der Waals surface area contributed by atoms with Crippen molar-refractivity contribution in [3.8, 4) is 5.75 Å². The molecule has 0 aliphatic carbocycles. The van der Waals surface area contributed by atoms with Crippen LogP contribution < -0.4 is 4.74 Å². The van der Waals surface area contributed by atoms with Gasteiger partial charge in [0, 0.05) is 10.5 Å². The van der Waals surface area contributed by atoms with Crippen LogP contribution in [0.4, 0.5) is 0 Å². The standard InChI is InChI=1S/C18H15NO3S/c1-21-14-5-3-4-13(11-14)17-19-16(18(20)22-17)10-12-6-8-15(23-2)9-7-12/h3-11H,1-2H3/b16-10-. The van der Waals surface area contributed by atoms with Crippen LogP contribution in [0.1, 0.15) is 11.1 Å². The predicted octanol–water partition coefficient (Wildman–Crippen LogP) is 3.76. The lowest BCUT2D eigenvalue weighted by molar-refractivity contribution is -0.129. The number of thioether (sulfide) groups is 1. The Hall–Kier alpha value is -2.53. The average Bonchev–Trinajstić information content (AvgIpc) is 2.96. The summed E-state index contributed by atoms with van der Waals surface area (Å²) in [5, 5.41) is 0. The molecule has 0 bridgehead atoms. The van der Waals surface area contributed by atoms with E-state index >= 15 is 0 Å². The summed E-state index contributed by atoms with van der Waals surface area (Å²) in [5.74, 6) is 0.531. The zero-order chi connectivity index (χ0) is 16.2. The maximum atomic E-state index is 12.0. The van der Waals surface area contributed by atoms with E-state index in [1.165, 1.54) is 4.90 Å². The van der Waals surface area contributed by atoms with Crippen LogP contribution >= 0.6 is 11.8 Å². The van der Waals surface area contributed by atoms with E-state index < -0.39 is 5.97 Å². The molecule has 0 atom stereocenters. The third kappa shape index (κ3) is 3.46. The summed E-state index contributed by atoms with van der Waals surface area (Å²) < 4.78 is 10.4. The highest BCUT2D eigenvalue weighted by atomic mass is 32.2. The molecule has 116 valence electrons. The number of hydrogen-bond acceptors (Lipinski definition) is 5. The van der Waals surface area contributed by atoms with Gasteiger partial charge in [-0.3, -0.25) is 0 Å². The Morgan fingerprint density at radius 1 is 1.17 bits per heavy atom. The molecule has 0 N–H and O–H groups in total. The van der Waals surface area contributed by atoms with E-state index in [0.29, 0.717) is 22.9 Å². The normalized spacial score (nSPS) is 15.5. The van der Waals surface area contributed by atoms with Gasteiger partial charge in [-0.1, -0.05) is 18.2 Å². The number of benzene rings is 2. The fourth-order valence-corrected chi connectivity index (χ4v) is 2.55. The van der Waals surface area contributed by atoms with Crippen LogP contribution in [-0.4, -0.2) is 25.2 Å². The number of hydrogen-bond donors (Lipinski definition) is 0. The molecule has 0 fully saturated rings. The van der Waals surface area contributed by atoms with Crippen molar-refractivity contribution in [3.63, 3.8) is 0 Å². The molecule has 0 spiro atoms. The summed E-state index contributed by atoms with van der Waals surface area (Å²) in [6, 6.07) is 15.2. The van der Waals surface area contributed by atoms with Gasteiger partial charge in [0.25, 0.3) is 0 Å². The highest BCUT2D eigenvalue weighted by Gasteiger charge is 2.24. The Morgan fingerprint density at radius 2 is 1.96 bits per heavy atom. The molecule has 0 amide bonds. The lowest BCUT2D eigenvalue weighted by Crippen LogP contribution is -2.05. The minimum Gasteiger partial charge on any atom is -0.497 e. The zero-order valence-corrected chi connectivity index (χ0v) is 13.6. The van der Waals surface area contributed by atoms with Gasteiger partial charge in [0.2, 0.25) is 5.90 Å². The van der Waals surface area contributed by atoms with Gasteiger partial charge in [-0.05, 0) is 48.2 Å². The Morgan fingerprint density at radius 3 is 2.65 bits per heavy atom. The molecular weight excluding hydrogens is 310 g/mol. The molecule has 2 aromatic rings. The number of aliphatic imine (C=N–C) groups is 1. The van der Waals surface area contributed by atoms with Gasteiger partial charge in [0.1, 0.15) is 5.75 Å². The van der Waals surface area contributed by atoms with Crippen molar-refractivity contribution in [3.05, 3.63) is 65.4 Å². The van der Waals surface area contributed by atoms with E-state index in [1.54, 1.807) is 31.0 Å². The Kier molecular flexibility index (Phi) is 4.48. The molecule has 4 nitrogen and oxygen atoms in total.